The van der Waals surface area contributed by atoms with Gasteiger partial charge < -0.3 is 10.5 Å². The quantitative estimate of drug-likeness (QED) is 0.752. The van der Waals surface area contributed by atoms with Crippen molar-refractivity contribution in [3.63, 3.8) is 0 Å². The number of ether oxygens (including phenoxy) is 1. The molecule has 1 aromatic heterocycles. The molecule has 1 aromatic rings. The third kappa shape index (κ3) is 2.82. The van der Waals surface area contributed by atoms with Gasteiger partial charge in [0.05, 0.1) is 13.5 Å². The minimum Gasteiger partial charge on any atom is -0.469 e. The van der Waals surface area contributed by atoms with Crippen LogP contribution in [0.3, 0.4) is 0 Å². The van der Waals surface area contributed by atoms with E-state index in [4.69, 9.17) is 5.73 Å². The molecule has 0 aromatic carbocycles. The number of carbonyl (C=O) groups is 1. The van der Waals surface area contributed by atoms with E-state index in [1.807, 2.05) is 19.1 Å². The highest BCUT2D eigenvalue weighted by molar-refractivity contribution is 7.12. The van der Waals surface area contributed by atoms with Crippen molar-refractivity contribution in [3.05, 3.63) is 21.9 Å². The van der Waals surface area contributed by atoms with Crippen LogP contribution >= 0.6 is 11.3 Å². The van der Waals surface area contributed by atoms with E-state index < -0.39 is 0 Å². The van der Waals surface area contributed by atoms with E-state index >= 15 is 0 Å². The van der Waals surface area contributed by atoms with Crippen molar-refractivity contribution in [2.75, 3.05) is 7.11 Å². The topological polar surface area (TPSA) is 52.3 Å². The van der Waals surface area contributed by atoms with E-state index in [9.17, 15) is 4.79 Å². The van der Waals surface area contributed by atoms with Gasteiger partial charge in [-0.25, -0.2) is 0 Å². The van der Waals surface area contributed by atoms with Crippen LogP contribution in [0.5, 0.6) is 0 Å². The predicted octanol–water partition coefficient (Wildman–Crippen LogP) is 1.62. The predicted molar refractivity (Wildman–Crippen MR) is 52.6 cm³/mol. The molecule has 0 bridgehead atoms. The Kier molecular flexibility index (Phi) is 3.45. The zero-order valence-electron chi connectivity index (χ0n) is 7.74. The summed E-state index contributed by atoms with van der Waals surface area (Å²) in [7, 11) is 1.37. The average Bonchev–Trinajstić information content (AvgIpc) is 2.51. The monoisotopic (exact) mass is 199 g/mol. The summed E-state index contributed by atoms with van der Waals surface area (Å²) in [6.45, 7) is 2.01. The number of rotatable bonds is 3. The lowest BCUT2D eigenvalue weighted by Crippen LogP contribution is -2.14. The molecule has 0 aliphatic carbocycles. The molecule has 0 saturated heterocycles. The van der Waals surface area contributed by atoms with Gasteiger partial charge in [-0.15, -0.1) is 11.3 Å². The van der Waals surface area contributed by atoms with Crippen molar-refractivity contribution < 1.29 is 9.53 Å². The number of esters is 1. The Morgan fingerprint density at radius 1 is 1.69 bits per heavy atom. The highest BCUT2D eigenvalue weighted by Gasteiger charge is 2.12. The molecule has 0 aliphatic heterocycles. The normalized spacial score (nSPS) is 12.5. The Hall–Kier alpha value is -0.870. The zero-order valence-corrected chi connectivity index (χ0v) is 8.56. The molecular weight excluding hydrogens is 186 g/mol. The van der Waals surface area contributed by atoms with Crippen molar-refractivity contribution >= 4 is 17.3 Å². The standard InChI is InChI=1S/C9H13NO2S/c1-6-3-4-8(13-6)7(10)5-9(11)12-2/h3-4,7H,5,10H2,1-2H3/t7-/m1/s1. The fourth-order valence-corrected chi connectivity index (χ4v) is 1.89. The van der Waals surface area contributed by atoms with Crippen LogP contribution in [0.4, 0.5) is 0 Å². The van der Waals surface area contributed by atoms with Gasteiger partial charge in [0.1, 0.15) is 0 Å². The summed E-state index contributed by atoms with van der Waals surface area (Å²) in [5, 5.41) is 0. The molecule has 0 unspecified atom stereocenters. The zero-order chi connectivity index (χ0) is 9.84. The Bertz CT molecular complexity index is 296. The largest absolute Gasteiger partial charge is 0.469 e. The SMILES string of the molecule is COC(=O)C[C@@H](N)c1ccc(C)s1. The maximum absolute atomic E-state index is 10.9. The number of nitrogens with two attached hydrogens (primary N) is 1. The lowest BCUT2D eigenvalue weighted by molar-refractivity contribution is -0.141. The Morgan fingerprint density at radius 2 is 2.38 bits per heavy atom. The molecule has 2 N–H and O–H groups in total. The van der Waals surface area contributed by atoms with Crippen LogP contribution in [0.15, 0.2) is 12.1 Å². The van der Waals surface area contributed by atoms with Gasteiger partial charge in [0.25, 0.3) is 0 Å². The van der Waals surface area contributed by atoms with E-state index in [-0.39, 0.29) is 18.4 Å². The van der Waals surface area contributed by atoms with Crippen molar-refractivity contribution in [2.24, 2.45) is 5.73 Å². The van der Waals surface area contributed by atoms with Crippen LogP contribution in [0, 0.1) is 6.92 Å². The van der Waals surface area contributed by atoms with Gasteiger partial charge in [0.2, 0.25) is 0 Å². The molecule has 1 rings (SSSR count). The second-order valence-corrected chi connectivity index (χ2v) is 4.15. The van der Waals surface area contributed by atoms with E-state index in [0.717, 1.165) is 4.88 Å². The second-order valence-electron chi connectivity index (χ2n) is 2.84. The van der Waals surface area contributed by atoms with Crippen LogP contribution in [-0.2, 0) is 9.53 Å². The van der Waals surface area contributed by atoms with Gasteiger partial charge in [0.15, 0.2) is 0 Å². The molecule has 0 amide bonds. The van der Waals surface area contributed by atoms with Crippen LogP contribution in [-0.4, -0.2) is 13.1 Å². The summed E-state index contributed by atoms with van der Waals surface area (Å²) in [6.07, 6.45) is 0.246. The molecule has 3 nitrogen and oxygen atoms in total. The van der Waals surface area contributed by atoms with Crippen molar-refractivity contribution in [2.45, 2.75) is 19.4 Å². The van der Waals surface area contributed by atoms with E-state index in [1.54, 1.807) is 11.3 Å². The molecule has 4 heteroatoms. The maximum atomic E-state index is 10.9. The minimum atomic E-state index is -0.265. The first kappa shape index (κ1) is 10.2. The Labute approximate surface area is 81.5 Å². The van der Waals surface area contributed by atoms with Crippen molar-refractivity contribution in [1.29, 1.82) is 0 Å². The van der Waals surface area contributed by atoms with Crippen molar-refractivity contribution in [1.82, 2.24) is 0 Å². The van der Waals surface area contributed by atoms with Gasteiger partial charge in [-0.1, -0.05) is 0 Å². The lowest BCUT2D eigenvalue weighted by atomic mass is 10.2. The Balaban J connectivity index is 2.58. The molecule has 0 radical (unpaired) electrons. The van der Waals surface area contributed by atoms with Gasteiger partial charge in [-0.2, -0.15) is 0 Å². The molecule has 1 heterocycles. The number of thiophene rings is 1. The summed E-state index contributed by atoms with van der Waals surface area (Å²) in [4.78, 5) is 13.1. The van der Waals surface area contributed by atoms with E-state index in [1.165, 1.54) is 12.0 Å². The van der Waals surface area contributed by atoms with Gasteiger partial charge in [-0.3, -0.25) is 4.79 Å². The van der Waals surface area contributed by atoms with E-state index in [2.05, 4.69) is 4.74 Å². The van der Waals surface area contributed by atoms with Crippen molar-refractivity contribution in [3.8, 4) is 0 Å². The minimum absolute atomic E-state index is 0.230. The highest BCUT2D eigenvalue weighted by atomic mass is 32.1. The van der Waals surface area contributed by atoms with E-state index in [0.29, 0.717) is 0 Å². The first-order chi connectivity index (χ1) is 6.13. The summed E-state index contributed by atoms with van der Waals surface area (Å²) in [5.74, 6) is -0.265. The van der Waals surface area contributed by atoms with Crippen LogP contribution in [0.1, 0.15) is 22.2 Å². The highest BCUT2D eigenvalue weighted by Crippen LogP contribution is 2.23. The Morgan fingerprint density at radius 3 is 2.85 bits per heavy atom. The molecular formula is C9H13NO2S. The summed E-state index contributed by atoms with van der Waals surface area (Å²) in [6, 6.07) is 3.72. The summed E-state index contributed by atoms with van der Waals surface area (Å²) in [5.41, 5.74) is 5.79. The maximum Gasteiger partial charge on any atom is 0.307 e. The molecule has 72 valence electrons. The van der Waals surface area contributed by atoms with Gasteiger partial charge >= 0.3 is 5.97 Å². The fourth-order valence-electron chi connectivity index (χ4n) is 1.02. The lowest BCUT2D eigenvalue weighted by Gasteiger charge is -2.06. The third-order valence-corrected chi connectivity index (χ3v) is 2.87. The van der Waals surface area contributed by atoms with Crippen LogP contribution in [0.25, 0.3) is 0 Å². The fraction of sp³-hybridized carbons (Fsp3) is 0.444. The first-order valence-electron chi connectivity index (χ1n) is 4.02. The van der Waals surface area contributed by atoms with Gasteiger partial charge in [-0.05, 0) is 19.1 Å². The number of carbonyl (C=O) groups excluding carboxylic acids is 1. The van der Waals surface area contributed by atoms with Gasteiger partial charge in [0, 0.05) is 15.8 Å². The molecule has 0 aliphatic rings. The molecule has 1 atom stereocenters. The molecule has 0 saturated carbocycles. The summed E-state index contributed by atoms with van der Waals surface area (Å²) >= 11 is 1.62. The molecule has 0 spiro atoms. The first-order valence-corrected chi connectivity index (χ1v) is 4.84. The number of hydrogen-bond acceptors (Lipinski definition) is 4. The summed E-state index contributed by atoms with van der Waals surface area (Å²) < 4.78 is 4.53. The third-order valence-electron chi connectivity index (χ3n) is 1.74. The molecule has 0 fully saturated rings. The number of aryl methyl sites for hydroxylation is 1. The van der Waals surface area contributed by atoms with Crippen LogP contribution < -0.4 is 5.73 Å². The second kappa shape index (κ2) is 4.39. The number of methoxy groups -OCH3 is 1. The van der Waals surface area contributed by atoms with Crippen LogP contribution in [0.2, 0.25) is 0 Å². The number of hydrogen-bond donors (Lipinski definition) is 1. The average molecular weight is 199 g/mol. The smallest absolute Gasteiger partial charge is 0.307 e. The molecule has 13 heavy (non-hydrogen) atoms.